The molecule has 7 heteroatoms. The second-order valence-electron chi connectivity index (χ2n) is 6.58. The smallest absolute Gasteiger partial charge is 0.222 e. The minimum Gasteiger partial charge on any atom is -0.359 e. The van der Waals surface area contributed by atoms with Gasteiger partial charge in [0.05, 0.1) is 5.69 Å². The van der Waals surface area contributed by atoms with Crippen LogP contribution in [0.4, 0.5) is 0 Å². The normalized spacial score (nSPS) is 18.8. The molecule has 1 amide bonds. The van der Waals surface area contributed by atoms with Gasteiger partial charge >= 0.3 is 0 Å². The van der Waals surface area contributed by atoms with Crippen molar-refractivity contribution in [1.29, 1.82) is 0 Å². The molecule has 0 aromatic carbocycles. The Labute approximate surface area is 150 Å². The summed E-state index contributed by atoms with van der Waals surface area (Å²) in [5.41, 5.74) is 1.01. The molecule has 7 nitrogen and oxygen atoms in total. The van der Waals surface area contributed by atoms with Crippen molar-refractivity contribution in [2.75, 3.05) is 20.1 Å². The summed E-state index contributed by atoms with van der Waals surface area (Å²) in [7, 11) is 1.84. The molecule has 25 heavy (non-hydrogen) atoms. The summed E-state index contributed by atoms with van der Waals surface area (Å²) in [6, 6.07) is 2.23. The zero-order valence-electron chi connectivity index (χ0n) is 15.8. The van der Waals surface area contributed by atoms with E-state index in [1.54, 1.807) is 4.90 Å². The lowest BCUT2D eigenvalue weighted by Gasteiger charge is -2.31. The van der Waals surface area contributed by atoms with Crippen molar-refractivity contribution >= 4 is 11.9 Å². The van der Waals surface area contributed by atoms with E-state index in [-0.39, 0.29) is 11.9 Å². The van der Waals surface area contributed by atoms with E-state index in [1.807, 2.05) is 20.0 Å². The van der Waals surface area contributed by atoms with E-state index in [4.69, 9.17) is 4.52 Å². The third-order valence-electron chi connectivity index (χ3n) is 4.69. The largest absolute Gasteiger partial charge is 0.359 e. The first kappa shape index (κ1) is 19.3. The van der Waals surface area contributed by atoms with Crippen molar-refractivity contribution < 1.29 is 9.32 Å². The van der Waals surface area contributed by atoms with E-state index in [9.17, 15) is 4.79 Å². The molecule has 0 bridgehead atoms. The van der Waals surface area contributed by atoms with E-state index >= 15 is 0 Å². The summed E-state index contributed by atoms with van der Waals surface area (Å²) in [5.74, 6) is 2.17. The molecule has 0 aliphatic carbocycles. The van der Waals surface area contributed by atoms with Gasteiger partial charge < -0.3 is 20.1 Å². The lowest BCUT2D eigenvalue weighted by Crippen LogP contribution is -2.51. The number of amides is 1. The number of nitrogens with zero attached hydrogens (tertiary/aromatic N) is 3. The number of hydrogen-bond donors (Lipinski definition) is 2. The molecule has 1 atom stereocenters. The lowest BCUT2D eigenvalue weighted by molar-refractivity contribution is -0.132. The molecule has 2 heterocycles. The zero-order chi connectivity index (χ0) is 18.2. The number of rotatable bonds is 7. The number of piperidine rings is 1. The molecular formula is C18H31N5O2. The van der Waals surface area contributed by atoms with Crippen molar-refractivity contribution in [2.45, 2.75) is 65.0 Å². The zero-order valence-corrected chi connectivity index (χ0v) is 15.8. The monoisotopic (exact) mass is 349 g/mol. The van der Waals surface area contributed by atoms with Crippen LogP contribution >= 0.6 is 0 Å². The molecule has 2 rings (SSSR count). The van der Waals surface area contributed by atoms with Gasteiger partial charge in [-0.15, -0.1) is 0 Å². The Morgan fingerprint density at radius 3 is 2.84 bits per heavy atom. The summed E-state index contributed by atoms with van der Waals surface area (Å²) >= 11 is 0. The van der Waals surface area contributed by atoms with Gasteiger partial charge in [0.1, 0.15) is 6.54 Å². The first-order valence-corrected chi connectivity index (χ1v) is 9.31. The number of aromatic nitrogens is 1. The molecule has 140 valence electrons. The molecule has 0 spiro atoms. The summed E-state index contributed by atoms with van der Waals surface area (Å²) in [6.07, 6.45) is 3.52. The molecule has 0 radical (unpaired) electrons. The summed E-state index contributed by atoms with van der Waals surface area (Å²) in [5, 5.41) is 10.9. The van der Waals surface area contributed by atoms with Gasteiger partial charge in [-0.1, -0.05) is 19.0 Å². The predicted molar refractivity (Wildman–Crippen MR) is 98.4 cm³/mol. The van der Waals surface area contributed by atoms with Crippen LogP contribution in [0.25, 0.3) is 0 Å². The molecule has 1 fully saturated rings. The van der Waals surface area contributed by atoms with Crippen LogP contribution in [-0.4, -0.2) is 48.1 Å². The van der Waals surface area contributed by atoms with Gasteiger partial charge in [-0.2, -0.15) is 0 Å². The Bertz CT molecular complexity index is 580. The van der Waals surface area contributed by atoms with Crippen LogP contribution in [0.3, 0.4) is 0 Å². The molecule has 1 aliphatic rings. The van der Waals surface area contributed by atoms with Crippen LogP contribution in [0.2, 0.25) is 0 Å². The van der Waals surface area contributed by atoms with Crippen molar-refractivity contribution in [3.63, 3.8) is 0 Å². The molecule has 1 unspecified atom stereocenters. The maximum atomic E-state index is 11.6. The number of nitrogens with one attached hydrogen (secondary N) is 2. The third-order valence-corrected chi connectivity index (χ3v) is 4.69. The number of aliphatic imine (C=N–C) groups is 1. The fourth-order valence-corrected chi connectivity index (χ4v) is 3.10. The third kappa shape index (κ3) is 5.47. The van der Waals surface area contributed by atoms with Crippen LogP contribution in [0, 0.1) is 0 Å². The maximum Gasteiger partial charge on any atom is 0.222 e. The summed E-state index contributed by atoms with van der Waals surface area (Å²) in [4.78, 5) is 18.0. The predicted octanol–water partition coefficient (Wildman–Crippen LogP) is 2.25. The van der Waals surface area contributed by atoms with Crippen LogP contribution in [0.15, 0.2) is 15.6 Å². The molecule has 2 N–H and O–H groups in total. The van der Waals surface area contributed by atoms with Crippen molar-refractivity contribution in [3.8, 4) is 0 Å². The Morgan fingerprint density at radius 2 is 2.20 bits per heavy atom. The van der Waals surface area contributed by atoms with Gasteiger partial charge in [0.2, 0.25) is 5.91 Å². The Morgan fingerprint density at radius 1 is 1.44 bits per heavy atom. The minimum absolute atomic E-state index is 0.204. The number of carbonyl (C=O) groups is 1. The molecule has 1 aromatic heterocycles. The van der Waals surface area contributed by atoms with Crippen molar-refractivity contribution in [2.24, 2.45) is 4.99 Å². The maximum absolute atomic E-state index is 11.6. The van der Waals surface area contributed by atoms with Crippen molar-refractivity contribution in [1.82, 2.24) is 20.7 Å². The minimum atomic E-state index is 0.204. The SMILES string of the molecule is CCNC(=NCc1cc(C(CC)CC)no1)NC1CCC(=O)N(C)C1. The second kappa shape index (κ2) is 9.44. The molecular weight excluding hydrogens is 318 g/mol. The van der Waals surface area contributed by atoms with E-state index in [0.29, 0.717) is 25.4 Å². The van der Waals surface area contributed by atoms with Gasteiger partial charge in [0.15, 0.2) is 11.7 Å². The quantitative estimate of drug-likeness (QED) is 0.583. The van der Waals surface area contributed by atoms with Crippen LogP contribution in [0.5, 0.6) is 0 Å². The Kier molecular flexibility index (Phi) is 7.28. The average Bonchev–Trinajstić information content (AvgIpc) is 3.06. The van der Waals surface area contributed by atoms with Gasteiger partial charge in [0.25, 0.3) is 0 Å². The average molecular weight is 349 g/mol. The first-order valence-electron chi connectivity index (χ1n) is 9.31. The number of guanidine groups is 1. The summed E-state index contributed by atoms with van der Waals surface area (Å²) in [6.45, 7) is 8.30. The topological polar surface area (TPSA) is 82.8 Å². The van der Waals surface area contributed by atoms with E-state index in [1.165, 1.54) is 0 Å². The van der Waals surface area contributed by atoms with Crippen LogP contribution < -0.4 is 10.6 Å². The Hall–Kier alpha value is -2.05. The fourth-order valence-electron chi connectivity index (χ4n) is 3.10. The highest BCUT2D eigenvalue weighted by Gasteiger charge is 2.23. The number of carbonyl (C=O) groups excluding carboxylic acids is 1. The van der Waals surface area contributed by atoms with Gasteiger partial charge in [-0.25, -0.2) is 4.99 Å². The van der Waals surface area contributed by atoms with Gasteiger partial charge in [-0.3, -0.25) is 4.79 Å². The van der Waals surface area contributed by atoms with E-state index in [2.05, 4.69) is 34.6 Å². The van der Waals surface area contributed by atoms with E-state index in [0.717, 1.165) is 43.2 Å². The van der Waals surface area contributed by atoms with Gasteiger partial charge in [-0.05, 0) is 26.2 Å². The summed E-state index contributed by atoms with van der Waals surface area (Å²) < 4.78 is 5.43. The fraction of sp³-hybridized carbons (Fsp3) is 0.722. The van der Waals surface area contributed by atoms with E-state index < -0.39 is 0 Å². The molecule has 1 aromatic rings. The van der Waals surface area contributed by atoms with Crippen molar-refractivity contribution in [3.05, 3.63) is 17.5 Å². The molecule has 1 saturated heterocycles. The number of hydrogen-bond acceptors (Lipinski definition) is 4. The lowest BCUT2D eigenvalue weighted by atomic mass is 9.99. The van der Waals surface area contributed by atoms with Gasteiger partial charge in [0, 0.05) is 44.6 Å². The second-order valence-corrected chi connectivity index (χ2v) is 6.58. The highest BCUT2D eigenvalue weighted by molar-refractivity contribution is 5.81. The number of likely N-dealkylation sites (tertiary alicyclic amines) is 1. The molecule has 0 saturated carbocycles. The standard InChI is InChI=1S/C18H31N5O2/c1-5-13(6-2)16-10-15(25-22-16)11-20-18(19-7-3)21-14-8-9-17(24)23(4)12-14/h10,13-14H,5-9,11-12H2,1-4H3,(H2,19,20,21). The molecule has 1 aliphatic heterocycles. The highest BCUT2D eigenvalue weighted by atomic mass is 16.5. The Balaban J connectivity index is 1.96. The first-order chi connectivity index (χ1) is 12.1. The highest BCUT2D eigenvalue weighted by Crippen LogP contribution is 2.22. The van der Waals surface area contributed by atoms with Crippen LogP contribution in [-0.2, 0) is 11.3 Å². The number of likely N-dealkylation sites (N-methyl/N-ethyl adjacent to an activating group) is 1. The van der Waals surface area contributed by atoms with Crippen LogP contribution in [0.1, 0.15) is 63.8 Å².